The van der Waals surface area contributed by atoms with Crippen molar-refractivity contribution in [2.24, 2.45) is 5.41 Å². The number of aliphatic hydroxyl groups excluding tert-OH is 1. The molecule has 0 aromatic carbocycles. The molecule has 0 aliphatic carbocycles. The van der Waals surface area contributed by atoms with Gasteiger partial charge in [-0.15, -0.1) is 0 Å². The Morgan fingerprint density at radius 3 is 2.38 bits per heavy atom. The maximum atomic E-state index is 9.23. The van der Waals surface area contributed by atoms with Gasteiger partial charge in [-0.2, -0.15) is 0 Å². The Kier molecular flexibility index (Phi) is 3.79. The number of aromatic nitrogens is 1. The summed E-state index contributed by atoms with van der Waals surface area (Å²) < 4.78 is 5.29. The van der Waals surface area contributed by atoms with E-state index >= 15 is 0 Å². The summed E-state index contributed by atoms with van der Waals surface area (Å²) in [6.07, 6.45) is 1.97. The fourth-order valence-electron chi connectivity index (χ4n) is 1.33. The van der Waals surface area contributed by atoms with Crippen LogP contribution < -0.4 is 0 Å². The summed E-state index contributed by atoms with van der Waals surface area (Å²) in [5.41, 5.74) is 0.821. The summed E-state index contributed by atoms with van der Waals surface area (Å²) in [5.74, 6) is 0.909. The lowest BCUT2D eigenvalue weighted by molar-refractivity contribution is 0.210. The second-order valence-corrected chi connectivity index (χ2v) is 6.28. The van der Waals surface area contributed by atoms with Gasteiger partial charge in [-0.25, -0.2) is 0 Å². The van der Waals surface area contributed by atoms with E-state index < -0.39 is 0 Å². The first-order valence-electron chi connectivity index (χ1n) is 5.81. The standard InChI is InChI=1S/C13H23NO2/c1-12(2,3)7-6-10-8-11(14-16-10)13(4,5)9-15/h8,15H,6-7,9H2,1-5H3. The molecular weight excluding hydrogens is 202 g/mol. The van der Waals surface area contributed by atoms with Crippen LogP contribution in [0.2, 0.25) is 0 Å². The molecule has 0 fully saturated rings. The monoisotopic (exact) mass is 225 g/mol. The zero-order chi connectivity index (χ0) is 12.4. The van der Waals surface area contributed by atoms with Crippen molar-refractivity contribution in [3.63, 3.8) is 0 Å². The van der Waals surface area contributed by atoms with Gasteiger partial charge in [0.25, 0.3) is 0 Å². The molecule has 1 aromatic heterocycles. The Morgan fingerprint density at radius 1 is 1.25 bits per heavy atom. The van der Waals surface area contributed by atoms with Crippen LogP contribution in [0.5, 0.6) is 0 Å². The van der Waals surface area contributed by atoms with Crippen LogP contribution in [-0.4, -0.2) is 16.9 Å². The van der Waals surface area contributed by atoms with E-state index in [0.29, 0.717) is 5.41 Å². The summed E-state index contributed by atoms with van der Waals surface area (Å²) in [6.45, 7) is 10.6. The molecule has 0 aliphatic heterocycles. The van der Waals surface area contributed by atoms with E-state index in [4.69, 9.17) is 4.52 Å². The summed E-state index contributed by atoms with van der Waals surface area (Å²) in [5, 5.41) is 13.3. The molecule has 3 heteroatoms. The zero-order valence-electron chi connectivity index (χ0n) is 11.0. The lowest BCUT2D eigenvalue weighted by Gasteiger charge is -2.17. The van der Waals surface area contributed by atoms with Gasteiger partial charge in [0.1, 0.15) is 5.76 Å². The van der Waals surface area contributed by atoms with E-state index in [-0.39, 0.29) is 12.0 Å². The molecule has 1 aromatic rings. The number of rotatable bonds is 4. The summed E-state index contributed by atoms with van der Waals surface area (Å²) in [6, 6.07) is 1.96. The lowest BCUT2D eigenvalue weighted by atomic mass is 9.88. The minimum absolute atomic E-state index is 0.0816. The van der Waals surface area contributed by atoms with Crippen LogP contribution in [0.15, 0.2) is 10.6 Å². The normalized spacial score (nSPS) is 13.1. The molecule has 0 atom stereocenters. The predicted molar refractivity (Wildman–Crippen MR) is 64.4 cm³/mol. The van der Waals surface area contributed by atoms with E-state index in [0.717, 1.165) is 24.3 Å². The molecule has 0 bridgehead atoms. The van der Waals surface area contributed by atoms with Crippen molar-refractivity contribution in [2.75, 3.05) is 6.61 Å². The van der Waals surface area contributed by atoms with Gasteiger partial charge < -0.3 is 9.63 Å². The third-order valence-electron chi connectivity index (χ3n) is 2.77. The SMILES string of the molecule is CC(C)(C)CCc1cc(C(C)(C)CO)no1. The van der Waals surface area contributed by atoms with Gasteiger partial charge >= 0.3 is 0 Å². The van der Waals surface area contributed by atoms with E-state index in [1.165, 1.54) is 0 Å². The van der Waals surface area contributed by atoms with Crippen molar-refractivity contribution in [1.29, 1.82) is 0 Å². The third kappa shape index (κ3) is 3.63. The van der Waals surface area contributed by atoms with Crippen molar-refractivity contribution < 1.29 is 9.63 Å². The van der Waals surface area contributed by atoms with Crippen LogP contribution in [0, 0.1) is 5.41 Å². The van der Waals surface area contributed by atoms with Gasteiger partial charge in [0.05, 0.1) is 12.3 Å². The second kappa shape index (κ2) is 4.58. The third-order valence-corrected chi connectivity index (χ3v) is 2.77. The Labute approximate surface area is 97.8 Å². The molecule has 1 N–H and O–H groups in total. The number of nitrogens with zero attached hydrogens (tertiary/aromatic N) is 1. The van der Waals surface area contributed by atoms with Gasteiger partial charge in [0.15, 0.2) is 0 Å². The highest BCUT2D eigenvalue weighted by Gasteiger charge is 2.24. The molecule has 92 valence electrons. The van der Waals surface area contributed by atoms with Gasteiger partial charge in [-0.1, -0.05) is 39.8 Å². The van der Waals surface area contributed by atoms with Crippen LogP contribution >= 0.6 is 0 Å². The molecule has 3 nitrogen and oxygen atoms in total. The molecule has 0 unspecified atom stereocenters. The highest BCUT2D eigenvalue weighted by molar-refractivity contribution is 5.15. The topological polar surface area (TPSA) is 46.3 Å². The Hall–Kier alpha value is -0.830. The molecule has 0 aliphatic rings. The van der Waals surface area contributed by atoms with Gasteiger partial charge in [-0.3, -0.25) is 0 Å². The molecule has 0 saturated carbocycles. The van der Waals surface area contributed by atoms with Gasteiger partial charge in [0, 0.05) is 17.9 Å². The van der Waals surface area contributed by atoms with Crippen molar-refractivity contribution >= 4 is 0 Å². The predicted octanol–water partition coefficient (Wildman–Crippen LogP) is 2.92. The van der Waals surface area contributed by atoms with Crippen molar-refractivity contribution in [3.05, 3.63) is 17.5 Å². The first kappa shape index (κ1) is 13.2. The minimum atomic E-state index is -0.316. The molecular formula is C13H23NO2. The fraction of sp³-hybridized carbons (Fsp3) is 0.769. The first-order chi connectivity index (χ1) is 7.24. The molecule has 16 heavy (non-hydrogen) atoms. The van der Waals surface area contributed by atoms with E-state index in [1.54, 1.807) is 0 Å². The first-order valence-corrected chi connectivity index (χ1v) is 5.81. The molecule has 0 radical (unpaired) electrons. The summed E-state index contributed by atoms with van der Waals surface area (Å²) in [7, 11) is 0. The average molecular weight is 225 g/mol. The fourth-order valence-corrected chi connectivity index (χ4v) is 1.33. The molecule has 1 rings (SSSR count). The van der Waals surface area contributed by atoms with Crippen LogP contribution in [0.3, 0.4) is 0 Å². The number of hydrogen-bond donors (Lipinski definition) is 1. The smallest absolute Gasteiger partial charge is 0.137 e. The maximum Gasteiger partial charge on any atom is 0.137 e. The number of aliphatic hydroxyl groups is 1. The molecule has 0 amide bonds. The van der Waals surface area contributed by atoms with Crippen molar-refractivity contribution in [2.45, 2.75) is 52.9 Å². The molecule has 0 spiro atoms. The molecule has 0 saturated heterocycles. The maximum absolute atomic E-state index is 9.23. The Morgan fingerprint density at radius 2 is 1.88 bits per heavy atom. The van der Waals surface area contributed by atoms with Crippen LogP contribution in [0.1, 0.15) is 52.5 Å². The highest BCUT2D eigenvalue weighted by atomic mass is 16.5. The van der Waals surface area contributed by atoms with Crippen LogP contribution in [0.4, 0.5) is 0 Å². The summed E-state index contributed by atoms with van der Waals surface area (Å²) >= 11 is 0. The largest absolute Gasteiger partial charge is 0.395 e. The zero-order valence-corrected chi connectivity index (χ0v) is 11.0. The second-order valence-electron chi connectivity index (χ2n) is 6.28. The Balaban J connectivity index is 2.66. The number of aryl methyl sites for hydroxylation is 1. The quantitative estimate of drug-likeness (QED) is 0.857. The van der Waals surface area contributed by atoms with E-state index in [9.17, 15) is 5.11 Å². The minimum Gasteiger partial charge on any atom is -0.395 e. The van der Waals surface area contributed by atoms with E-state index in [1.807, 2.05) is 19.9 Å². The summed E-state index contributed by atoms with van der Waals surface area (Å²) in [4.78, 5) is 0. The van der Waals surface area contributed by atoms with Crippen LogP contribution in [-0.2, 0) is 11.8 Å². The van der Waals surface area contributed by atoms with Crippen molar-refractivity contribution in [1.82, 2.24) is 5.16 Å². The van der Waals surface area contributed by atoms with E-state index in [2.05, 4.69) is 25.9 Å². The van der Waals surface area contributed by atoms with Gasteiger partial charge in [-0.05, 0) is 11.8 Å². The lowest BCUT2D eigenvalue weighted by Crippen LogP contribution is -2.22. The average Bonchev–Trinajstić information content (AvgIpc) is 2.62. The molecule has 1 heterocycles. The number of hydrogen-bond acceptors (Lipinski definition) is 3. The Bertz CT molecular complexity index is 334. The van der Waals surface area contributed by atoms with Gasteiger partial charge in [0.2, 0.25) is 0 Å². The highest BCUT2D eigenvalue weighted by Crippen LogP contribution is 2.25. The van der Waals surface area contributed by atoms with Crippen molar-refractivity contribution in [3.8, 4) is 0 Å². The van der Waals surface area contributed by atoms with Crippen LogP contribution in [0.25, 0.3) is 0 Å².